The van der Waals surface area contributed by atoms with Crippen molar-refractivity contribution in [3.8, 4) is 0 Å². The Morgan fingerprint density at radius 2 is 2.16 bits per heavy atom. The van der Waals surface area contributed by atoms with Crippen molar-refractivity contribution < 1.29 is 14.3 Å². The summed E-state index contributed by atoms with van der Waals surface area (Å²) >= 11 is 5.65. The Bertz CT molecular complexity index is 371. The van der Waals surface area contributed by atoms with Gasteiger partial charge in [0.1, 0.15) is 5.15 Å². The molecule has 0 atom stereocenters. The molecule has 0 aliphatic rings. The van der Waals surface area contributed by atoms with Crippen LogP contribution in [0, 0.1) is 0 Å². The Balaban J connectivity index is 2.06. The number of nitrogens with zero attached hydrogens (tertiary/aromatic N) is 1. The number of pyridine rings is 1. The van der Waals surface area contributed by atoms with Crippen LogP contribution in [0.4, 0.5) is 0 Å². The van der Waals surface area contributed by atoms with Crippen molar-refractivity contribution in [3.63, 3.8) is 0 Å². The average molecular weight is 287 g/mol. The van der Waals surface area contributed by atoms with Crippen molar-refractivity contribution in [3.05, 3.63) is 29.0 Å². The SMILES string of the molecule is COCCOCCCCNC(=O)c1ccc(Cl)nc1. The molecule has 0 bridgehead atoms. The third kappa shape index (κ3) is 7.10. The summed E-state index contributed by atoms with van der Waals surface area (Å²) in [7, 11) is 1.64. The summed E-state index contributed by atoms with van der Waals surface area (Å²) in [6.07, 6.45) is 3.24. The lowest BCUT2D eigenvalue weighted by Gasteiger charge is -2.06. The highest BCUT2D eigenvalue weighted by Crippen LogP contribution is 2.04. The zero-order valence-corrected chi connectivity index (χ0v) is 11.8. The van der Waals surface area contributed by atoms with Crippen LogP contribution in [0.3, 0.4) is 0 Å². The Morgan fingerprint density at radius 1 is 1.32 bits per heavy atom. The van der Waals surface area contributed by atoms with E-state index in [0.717, 1.165) is 12.8 Å². The highest BCUT2D eigenvalue weighted by atomic mass is 35.5. The van der Waals surface area contributed by atoms with E-state index in [0.29, 0.717) is 37.1 Å². The lowest BCUT2D eigenvalue weighted by atomic mass is 10.2. The molecule has 1 heterocycles. The third-order valence-electron chi connectivity index (χ3n) is 2.42. The smallest absolute Gasteiger partial charge is 0.252 e. The van der Waals surface area contributed by atoms with E-state index in [1.807, 2.05) is 0 Å². The Labute approximate surface area is 118 Å². The van der Waals surface area contributed by atoms with Gasteiger partial charge in [-0.25, -0.2) is 4.98 Å². The first-order chi connectivity index (χ1) is 9.24. The molecule has 0 saturated carbocycles. The molecule has 1 rings (SSSR count). The first-order valence-corrected chi connectivity index (χ1v) is 6.58. The molecule has 1 aromatic rings. The molecular weight excluding hydrogens is 268 g/mol. The van der Waals surface area contributed by atoms with Crippen LogP contribution in [0.2, 0.25) is 5.15 Å². The summed E-state index contributed by atoms with van der Waals surface area (Å²) in [6.45, 7) is 2.52. The van der Waals surface area contributed by atoms with E-state index in [-0.39, 0.29) is 5.91 Å². The van der Waals surface area contributed by atoms with Crippen molar-refractivity contribution in [2.24, 2.45) is 0 Å². The number of halogens is 1. The molecular formula is C13H19ClN2O3. The zero-order chi connectivity index (χ0) is 13.9. The second-order valence-electron chi connectivity index (χ2n) is 3.94. The van der Waals surface area contributed by atoms with Crippen molar-refractivity contribution in [2.45, 2.75) is 12.8 Å². The van der Waals surface area contributed by atoms with Gasteiger partial charge in [0.05, 0.1) is 18.8 Å². The number of hydrogen-bond donors (Lipinski definition) is 1. The van der Waals surface area contributed by atoms with E-state index in [2.05, 4.69) is 10.3 Å². The maximum atomic E-state index is 11.7. The van der Waals surface area contributed by atoms with Gasteiger partial charge in [0.2, 0.25) is 0 Å². The second kappa shape index (κ2) is 9.72. The molecule has 0 radical (unpaired) electrons. The highest BCUT2D eigenvalue weighted by molar-refractivity contribution is 6.29. The second-order valence-corrected chi connectivity index (χ2v) is 4.33. The van der Waals surface area contributed by atoms with E-state index in [1.165, 1.54) is 6.20 Å². The number of hydrogen-bond acceptors (Lipinski definition) is 4. The number of unbranched alkanes of at least 4 members (excludes halogenated alkanes) is 1. The quantitative estimate of drug-likeness (QED) is 0.556. The van der Waals surface area contributed by atoms with Gasteiger partial charge in [-0.3, -0.25) is 4.79 Å². The van der Waals surface area contributed by atoms with Gasteiger partial charge in [-0.2, -0.15) is 0 Å². The van der Waals surface area contributed by atoms with Gasteiger partial charge in [-0.15, -0.1) is 0 Å². The minimum Gasteiger partial charge on any atom is -0.382 e. The van der Waals surface area contributed by atoms with Crippen molar-refractivity contribution >= 4 is 17.5 Å². The molecule has 1 amide bonds. The van der Waals surface area contributed by atoms with Crippen LogP contribution < -0.4 is 5.32 Å². The maximum absolute atomic E-state index is 11.7. The molecule has 0 aliphatic carbocycles. The van der Waals surface area contributed by atoms with Gasteiger partial charge in [0.25, 0.3) is 5.91 Å². The van der Waals surface area contributed by atoms with Crippen LogP contribution in [-0.2, 0) is 9.47 Å². The molecule has 1 N–H and O–H groups in total. The van der Waals surface area contributed by atoms with Crippen LogP contribution in [-0.4, -0.2) is 44.4 Å². The highest BCUT2D eigenvalue weighted by Gasteiger charge is 2.04. The van der Waals surface area contributed by atoms with E-state index in [4.69, 9.17) is 21.1 Å². The van der Waals surface area contributed by atoms with E-state index in [1.54, 1.807) is 19.2 Å². The number of ether oxygens (including phenoxy) is 2. The van der Waals surface area contributed by atoms with E-state index < -0.39 is 0 Å². The Hall–Kier alpha value is -1.17. The lowest BCUT2D eigenvalue weighted by Crippen LogP contribution is -2.24. The molecule has 5 nitrogen and oxygen atoms in total. The number of methoxy groups -OCH3 is 1. The molecule has 0 unspecified atom stereocenters. The van der Waals surface area contributed by atoms with Crippen LogP contribution >= 0.6 is 11.6 Å². The molecule has 106 valence electrons. The molecule has 0 spiro atoms. The zero-order valence-electron chi connectivity index (χ0n) is 11.0. The van der Waals surface area contributed by atoms with Crippen molar-refractivity contribution in [2.75, 3.05) is 33.5 Å². The summed E-state index contributed by atoms with van der Waals surface area (Å²) in [5, 5.41) is 3.20. The van der Waals surface area contributed by atoms with Crippen molar-refractivity contribution in [1.82, 2.24) is 10.3 Å². The molecule has 19 heavy (non-hydrogen) atoms. The summed E-state index contributed by atoms with van der Waals surface area (Å²) in [4.78, 5) is 15.5. The monoisotopic (exact) mass is 286 g/mol. The number of amides is 1. The number of aromatic nitrogens is 1. The van der Waals surface area contributed by atoms with Gasteiger partial charge < -0.3 is 14.8 Å². The maximum Gasteiger partial charge on any atom is 0.252 e. The number of carbonyl (C=O) groups excluding carboxylic acids is 1. The molecule has 0 saturated heterocycles. The lowest BCUT2D eigenvalue weighted by molar-refractivity contribution is 0.0686. The predicted octanol–water partition coefficient (Wildman–Crippen LogP) is 1.91. The number of carbonyl (C=O) groups is 1. The third-order valence-corrected chi connectivity index (χ3v) is 2.65. The normalized spacial score (nSPS) is 10.4. The van der Waals surface area contributed by atoms with Crippen LogP contribution in [0.25, 0.3) is 0 Å². The van der Waals surface area contributed by atoms with Gasteiger partial charge in [0, 0.05) is 26.5 Å². The fourth-order valence-electron chi connectivity index (χ4n) is 1.39. The van der Waals surface area contributed by atoms with Crippen molar-refractivity contribution in [1.29, 1.82) is 0 Å². The summed E-state index contributed by atoms with van der Waals surface area (Å²) < 4.78 is 10.2. The first-order valence-electron chi connectivity index (χ1n) is 6.20. The Kier molecular flexibility index (Phi) is 8.13. The molecule has 1 aromatic heterocycles. The molecule has 0 aromatic carbocycles. The topological polar surface area (TPSA) is 60.5 Å². The van der Waals surface area contributed by atoms with Gasteiger partial charge in [0.15, 0.2) is 0 Å². The fourth-order valence-corrected chi connectivity index (χ4v) is 1.50. The van der Waals surface area contributed by atoms with Crippen LogP contribution in [0.15, 0.2) is 18.3 Å². The van der Waals surface area contributed by atoms with E-state index in [9.17, 15) is 4.79 Å². The van der Waals surface area contributed by atoms with Gasteiger partial charge in [-0.1, -0.05) is 11.6 Å². The summed E-state index contributed by atoms with van der Waals surface area (Å²) in [6, 6.07) is 3.25. The van der Waals surface area contributed by atoms with Gasteiger partial charge in [-0.05, 0) is 25.0 Å². The molecule has 6 heteroatoms. The minimum absolute atomic E-state index is 0.135. The predicted molar refractivity (Wildman–Crippen MR) is 73.5 cm³/mol. The van der Waals surface area contributed by atoms with Crippen LogP contribution in [0.1, 0.15) is 23.2 Å². The largest absolute Gasteiger partial charge is 0.382 e. The Morgan fingerprint density at radius 3 is 2.84 bits per heavy atom. The number of nitrogens with one attached hydrogen (secondary N) is 1. The molecule has 0 aliphatic heterocycles. The number of rotatable bonds is 9. The minimum atomic E-state index is -0.135. The fraction of sp³-hybridized carbons (Fsp3) is 0.538. The average Bonchev–Trinajstić information content (AvgIpc) is 2.42. The summed E-state index contributed by atoms with van der Waals surface area (Å²) in [5.41, 5.74) is 0.515. The first kappa shape index (κ1) is 15.9. The van der Waals surface area contributed by atoms with Crippen LogP contribution in [0.5, 0.6) is 0 Å². The summed E-state index contributed by atoms with van der Waals surface area (Å²) in [5.74, 6) is -0.135. The molecule has 0 fully saturated rings. The van der Waals surface area contributed by atoms with E-state index >= 15 is 0 Å². The standard InChI is InChI=1S/C13H19ClN2O3/c1-18-8-9-19-7-3-2-6-15-13(17)11-4-5-12(14)16-10-11/h4-5,10H,2-3,6-9H2,1H3,(H,15,17). The van der Waals surface area contributed by atoms with Gasteiger partial charge >= 0.3 is 0 Å².